The van der Waals surface area contributed by atoms with Gasteiger partial charge in [0.1, 0.15) is 0 Å². The summed E-state index contributed by atoms with van der Waals surface area (Å²) >= 11 is 0. The average Bonchev–Trinajstić information content (AvgIpc) is 2.81. The minimum absolute atomic E-state index is 0.326. The van der Waals surface area contributed by atoms with E-state index in [-0.39, 0.29) is 5.91 Å². The quantitative estimate of drug-likeness (QED) is 0.545. The molecule has 6 heteroatoms. The number of aromatic nitrogens is 1. The monoisotopic (exact) mass is 445 g/mol. The molecule has 1 N–H and O–H groups in total. The lowest BCUT2D eigenvalue weighted by Crippen LogP contribution is -2.34. The van der Waals surface area contributed by atoms with Gasteiger partial charge in [-0.25, -0.2) is 4.79 Å². The van der Waals surface area contributed by atoms with Gasteiger partial charge in [0, 0.05) is 41.8 Å². The van der Waals surface area contributed by atoms with Gasteiger partial charge in [-0.3, -0.25) is 9.78 Å². The molecule has 0 aliphatic carbocycles. The molecule has 1 aromatic heterocycles. The Morgan fingerprint density at radius 1 is 1.12 bits per heavy atom. The van der Waals surface area contributed by atoms with E-state index in [0.29, 0.717) is 30.1 Å². The number of pyridine rings is 1. The van der Waals surface area contributed by atoms with Crippen molar-refractivity contribution in [3.8, 4) is 0 Å². The van der Waals surface area contributed by atoms with Crippen molar-refractivity contribution < 1.29 is 14.3 Å². The number of nitrogens with one attached hydrogen (secondary N) is 1. The Labute approximate surface area is 195 Å². The zero-order valence-electron chi connectivity index (χ0n) is 19.7. The van der Waals surface area contributed by atoms with E-state index in [9.17, 15) is 9.59 Å². The molecule has 2 aromatic carbocycles. The third-order valence-electron chi connectivity index (χ3n) is 6.20. The number of amides is 1. The second-order valence-electron chi connectivity index (χ2n) is 8.99. The lowest BCUT2D eigenvalue weighted by atomic mass is 9.96. The van der Waals surface area contributed by atoms with Crippen molar-refractivity contribution in [2.24, 2.45) is 0 Å². The van der Waals surface area contributed by atoms with E-state index < -0.39 is 12.1 Å². The molecule has 3 aromatic rings. The molecule has 1 aliphatic heterocycles. The fourth-order valence-electron chi connectivity index (χ4n) is 4.24. The number of hydrogen-bond acceptors (Lipinski definition) is 5. The maximum Gasteiger partial charge on any atom is 0.340 e. The van der Waals surface area contributed by atoms with E-state index >= 15 is 0 Å². The highest BCUT2D eigenvalue weighted by atomic mass is 16.5. The summed E-state index contributed by atoms with van der Waals surface area (Å²) < 4.78 is 5.79. The molecule has 0 saturated carbocycles. The minimum Gasteiger partial charge on any atom is -0.449 e. The highest BCUT2D eigenvalue weighted by Crippen LogP contribution is 2.29. The van der Waals surface area contributed by atoms with Crippen LogP contribution in [0, 0.1) is 0 Å². The Morgan fingerprint density at radius 2 is 1.85 bits per heavy atom. The number of para-hydroxylation sites is 1. The number of nitrogens with zero attached hydrogens (tertiary/aromatic N) is 2. The number of hydrogen-bond donors (Lipinski definition) is 1. The number of ether oxygens (including phenoxy) is 1. The van der Waals surface area contributed by atoms with Crippen molar-refractivity contribution in [3.05, 3.63) is 70.9 Å². The summed E-state index contributed by atoms with van der Waals surface area (Å²) in [6.45, 7) is 7.61. The summed E-state index contributed by atoms with van der Waals surface area (Å²) in [7, 11) is 2.03. The molecule has 4 rings (SSSR count). The molecule has 0 bridgehead atoms. The van der Waals surface area contributed by atoms with Crippen LogP contribution in [0.5, 0.6) is 0 Å². The average molecular weight is 446 g/mol. The predicted octanol–water partition coefficient (Wildman–Crippen LogP) is 4.92. The number of carbonyl (C=O) groups is 2. The summed E-state index contributed by atoms with van der Waals surface area (Å²) in [5.74, 6) is -0.385. The van der Waals surface area contributed by atoms with Gasteiger partial charge in [-0.1, -0.05) is 51.1 Å². The summed E-state index contributed by atoms with van der Waals surface area (Å²) in [4.78, 5) is 33.3. The van der Waals surface area contributed by atoms with Gasteiger partial charge in [-0.2, -0.15) is 0 Å². The van der Waals surface area contributed by atoms with Crippen LogP contribution in [0.2, 0.25) is 0 Å². The Hall–Kier alpha value is -3.25. The molecule has 6 nitrogen and oxygen atoms in total. The molecule has 1 amide bonds. The number of carbonyl (C=O) groups excluding carboxylic acids is 2. The molecular weight excluding hydrogens is 414 g/mol. The van der Waals surface area contributed by atoms with Gasteiger partial charge in [0.15, 0.2) is 6.10 Å². The molecule has 1 atom stereocenters. The molecular formula is C27H31N3O3. The number of likely N-dealkylation sites (N-methyl/N-ethyl adjacent to an activating group) is 1. The van der Waals surface area contributed by atoms with Crippen LogP contribution < -0.4 is 5.32 Å². The van der Waals surface area contributed by atoms with Gasteiger partial charge in [-0.05, 0) is 43.1 Å². The van der Waals surface area contributed by atoms with Crippen molar-refractivity contribution >= 4 is 28.5 Å². The second kappa shape index (κ2) is 9.71. The highest BCUT2D eigenvalue weighted by molar-refractivity contribution is 6.06. The maximum atomic E-state index is 13.4. The lowest BCUT2D eigenvalue weighted by molar-refractivity contribution is -0.124. The molecule has 1 unspecified atom stereocenters. The third kappa shape index (κ3) is 4.91. The zero-order valence-corrected chi connectivity index (χ0v) is 19.7. The summed E-state index contributed by atoms with van der Waals surface area (Å²) in [6, 6.07) is 15.4. The highest BCUT2D eigenvalue weighted by Gasteiger charge is 2.28. The van der Waals surface area contributed by atoms with Crippen LogP contribution in [-0.2, 0) is 22.5 Å². The van der Waals surface area contributed by atoms with Gasteiger partial charge in [0.2, 0.25) is 0 Å². The summed E-state index contributed by atoms with van der Waals surface area (Å²) in [6.07, 6.45) is 0.277. The van der Waals surface area contributed by atoms with Gasteiger partial charge < -0.3 is 15.0 Å². The normalized spacial score (nSPS) is 14.7. The summed E-state index contributed by atoms with van der Waals surface area (Å²) in [5.41, 5.74) is 5.01. The molecule has 0 spiro atoms. The number of anilines is 1. The van der Waals surface area contributed by atoms with Crippen LogP contribution in [0.1, 0.15) is 60.3 Å². The molecule has 0 fully saturated rings. The van der Waals surface area contributed by atoms with E-state index in [1.807, 2.05) is 62.5 Å². The largest absolute Gasteiger partial charge is 0.449 e. The van der Waals surface area contributed by atoms with E-state index in [0.717, 1.165) is 35.1 Å². The number of benzene rings is 2. The van der Waals surface area contributed by atoms with E-state index in [1.54, 1.807) is 0 Å². The maximum absolute atomic E-state index is 13.4. The number of esters is 1. The standard InChI is InChI=1S/C27H31N3O3/c1-5-24(26(31)28-19-12-10-18(11-13-19)17(2)3)33-27(32)25-20-8-6-7-9-22(20)29-23-14-15-30(4)16-21(23)25/h6-13,17,24H,5,14-16H2,1-4H3,(H,28,31). The van der Waals surface area contributed by atoms with Gasteiger partial charge in [-0.15, -0.1) is 0 Å². The van der Waals surface area contributed by atoms with Crippen LogP contribution in [-0.4, -0.2) is 41.5 Å². The van der Waals surface area contributed by atoms with Crippen LogP contribution in [0.4, 0.5) is 5.69 Å². The van der Waals surface area contributed by atoms with Crippen LogP contribution in [0.25, 0.3) is 10.9 Å². The van der Waals surface area contributed by atoms with Crippen molar-refractivity contribution in [1.29, 1.82) is 0 Å². The van der Waals surface area contributed by atoms with E-state index in [2.05, 4.69) is 24.1 Å². The third-order valence-corrected chi connectivity index (χ3v) is 6.20. The van der Waals surface area contributed by atoms with Crippen LogP contribution >= 0.6 is 0 Å². The zero-order chi connectivity index (χ0) is 23.5. The van der Waals surface area contributed by atoms with Crippen molar-refractivity contribution in [3.63, 3.8) is 0 Å². The minimum atomic E-state index is -0.883. The first-order chi connectivity index (χ1) is 15.9. The topological polar surface area (TPSA) is 71.5 Å². The second-order valence-corrected chi connectivity index (χ2v) is 8.99. The molecule has 0 saturated heterocycles. The smallest absolute Gasteiger partial charge is 0.340 e. The fourth-order valence-corrected chi connectivity index (χ4v) is 4.24. The SMILES string of the molecule is CCC(OC(=O)c1c2c(nc3ccccc13)CCN(C)C2)C(=O)Nc1ccc(C(C)C)cc1. The van der Waals surface area contributed by atoms with Gasteiger partial charge in [0.25, 0.3) is 5.91 Å². The first-order valence-electron chi connectivity index (χ1n) is 11.6. The first kappa shape index (κ1) is 22.9. The predicted molar refractivity (Wildman–Crippen MR) is 130 cm³/mol. The Balaban J connectivity index is 1.59. The van der Waals surface area contributed by atoms with Crippen LogP contribution in [0.3, 0.4) is 0 Å². The first-order valence-corrected chi connectivity index (χ1v) is 11.6. The molecule has 2 heterocycles. The fraction of sp³-hybridized carbons (Fsp3) is 0.370. The number of rotatable bonds is 6. The number of fused-ring (bicyclic) bond motifs is 2. The Bertz CT molecular complexity index is 1170. The molecule has 172 valence electrons. The van der Waals surface area contributed by atoms with Gasteiger partial charge >= 0.3 is 5.97 Å². The lowest BCUT2D eigenvalue weighted by Gasteiger charge is -2.27. The summed E-state index contributed by atoms with van der Waals surface area (Å²) in [5, 5.41) is 3.65. The van der Waals surface area contributed by atoms with Crippen molar-refractivity contribution in [2.45, 2.75) is 52.2 Å². The van der Waals surface area contributed by atoms with Crippen molar-refractivity contribution in [2.75, 3.05) is 18.9 Å². The van der Waals surface area contributed by atoms with Crippen molar-refractivity contribution in [1.82, 2.24) is 9.88 Å². The van der Waals surface area contributed by atoms with Crippen LogP contribution in [0.15, 0.2) is 48.5 Å². The Kier molecular flexibility index (Phi) is 6.75. The molecule has 33 heavy (non-hydrogen) atoms. The van der Waals surface area contributed by atoms with Gasteiger partial charge in [0.05, 0.1) is 11.1 Å². The molecule has 0 radical (unpaired) electrons. The van der Waals surface area contributed by atoms with E-state index in [1.165, 1.54) is 5.56 Å². The van der Waals surface area contributed by atoms with E-state index in [4.69, 9.17) is 9.72 Å². The Morgan fingerprint density at radius 3 is 2.55 bits per heavy atom. The molecule has 1 aliphatic rings.